The van der Waals surface area contributed by atoms with Crippen molar-refractivity contribution in [2.45, 2.75) is 19.8 Å². The second-order valence-corrected chi connectivity index (χ2v) is 5.03. The molecule has 5 nitrogen and oxygen atoms in total. The van der Waals surface area contributed by atoms with E-state index >= 15 is 0 Å². The zero-order valence-electron chi connectivity index (χ0n) is 12.2. The standard InChI is InChI=1S/C17H17NO4/c1-11-6-8-13(17(21)22)14(10-11)18-16(20)9-7-12-4-2-3-5-15(12)19/h2-6,8,10,19H,7,9H2,1H3,(H,18,20)(H,21,22). The molecule has 0 atom stereocenters. The van der Waals surface area contributed by atoms with E-state index in [0.717, 1.165) is 5.56 Å². The number of anilines is 1. The summed E-state index contributed by atoms with van der Waals surface area (Å²) < 4.78 is 0. The van der Waals surface area contributed by atoms with Crippen LogP contribution in [0, 0.1) is 6.92 Å². The van der Waals surface area contributed by atoms with E-state index in [9.17, 15) is 14.7 Å². The van der Waals surface area contributed by atoms with Crippen LogP contribution in [0.2, 0.25) is 0 Å². The Bertz CT molecular complexity index is 710. The van der Waals surface area contributed by atoms with E-state index in [0.29, 0.717) is 12.0 Å². The number of hydrogen-bond acceptors (Lipinski definition) is 3. The first-order chi connectivity index (χ1) is 10.5. The molecule has 0 aliphatic carbocycles. The summed E-state index contributed by atoms with van der Waals surface area (Å²) in [7, 11) is 0. The first kappa shape index (κ1) is 15.6. The first-order valence-electron chi connectivity index (χ1n) is 6.88. The second kappa shape index (κ2) is 6.76. The summed E-state index contributed by atoms with van der Waals surface area (Å²) >= 11 is 0. The molecule has 1 amide bonds. The van der Waals surface area contributed by atoms with Crippen LogP contribution < -0.4 is 5.32 Å². The average molecular weight is 299 g/mol. The van der Waals surface area contributed by atoms with E-state index in [-0.39, 0.29) is 29.3 Å². The van der Waals surface area contributed by atoms with Crippen LogP contribution in [0.4, 0.5) is 5.69 Å². The van der Waals surface area contributed by atoms with E-state index < -0.39 is 5.97 Å². The number of rotatable bonds is 5. The predicted molar refractivity (Wildman–Crippen MR) is 83.2 cm³/mol. The van der Waals surface area contributed by atoms with Crippen LogP contribution in [-0.2, 0) is 11.2 Å². The molecule has 114 valence electrons. The third kappa shape index (κ3) is 3.85. The highest BCUT2D eigenvalue weighted by atomic mass is 16.4. The number of carbonyl (C=O) groups excluding carboxylic acids is 1. The third-order valence-electron chi connectivity index (χ3n) is 3.29. The van der Waals surface area contributed by atoms with Crippen molar-refractivity contribution >= 4 is 17.6 Å². The second-order valence-electron chi connectivity index (χ2n) is 5.03. The lowest BCUT2D eigenvalue weighted by atomic mass is 10.1. The number of amides is 1. The van der Waals surface area contributed by atoms with Crippen molar-refractivity contribution in [2.24, 2.45) is 0 Å². The molecular weight excluding hydrogens is 282 g/mol. The van der Waals surface area contributed by atoms with Gasteiger partial charge in [0.05, 0.1) is 11.3 Å². The van der Waals surface area contributed by atoms with Crippen LogP contribution in [0.15, 0.2) is 42.5 Å². The van der Waals surface area contributed by atoms with Crippen LogP contribution in [-0.4, -0.2) is 22.1 Å². The van der Waals surface area contributed by atoms with Gasteiger partial charge in [0.1, 0.15) is 5.75 Å². The lowest BCUT2D eigenvalue weighted by Gasteiger charge is -2.10. The smallest absolute Gasteiger partial charge is 0.337 e. The molecule has 2 rings (SSSR count). The van der Waals surface area contributed by atoms with E-state index in [1.54, 1.807) is 36.4 Å². The van der Waals surface area contributed by atoms with Gasteiger partial charge < -0.3 is 15.5 Å². The summed E-state index contributed by atoms with van der Waals surface area (Å²) in [6.45, 7) is 1.82. The molecule has 3 N–H and O–H groups in total. The van der Waals surface area contributed by atoms with Gasteiger partial charge in [-0.05, 0) is 42.7 Å². The Balaban J connectivity index is 2.05. The Morgan fingerprint density at radius 3 is 2.55 bits per heavy atom. The van der Waals surface area contributed by atoms with E-state index in [2.05, 4.69) is 5.32 Å². The van der Waals surface area contributed by atoms with Gasteiger partial charge in [0, 0.05) is 6.42 Å². The molecule has 0 radical (unpaired) electrons. The molecule has 0 bridgehead atoms. The molecule has 0 aliphatic heterocycles. The number of para-hydroxylation sites is 1. The summed E-state index contributed by atoms with van der Waals surface area (Å²) in [6, 6.07) is 11.6. The number of aryl methyl sites for hydroxylation is 2. The maximum atomic E-state index is 12.0. The summed E-state index contributed by atoms with van der Waals surface area (Å²) in [5.41, 5.74) is 1.89. The summed E-state index contributed by atoms with van der Waals surface area (Å²) in [4.78, 5) is 23.2. The Labute approximate surface area is 128 Å². The van der Waals surface area contributed by atoms with Gasteiger partial charge >= 0.3 is 5.97 Å². The number of benzene rings is 2. The topological polar surface area (TPSA) is 86.6 Å². The highest BCUT2D eigenvalue weighted by Crippen LogP contribution is 2.20. The quantitative estimate of drug-likeness (QED) is 0.792. The molecule has 0 aliphatic rings. The van der Waals surface area contributed by atoms with Crippen molar-refractivity contribution < 1.29 is 19.8 Å². The van der Waals surface area contributed by atoms with Crippen molar-refractivity contribution in [3.8, 4) is 5.75 Å². The Hall–Kier alpha value is -2.82. The van der Waals surface area contributed by atoms with Crippen LogP contribution in [0.3, 0.4) is 0 Å². The highest BCUT2D eigenvalue weighted by molar-refractivity contribution is 6.00. The van der Waals surface area contributed by atoms with E-state index in [4.69, 9.17) is 5.11 Å². The molecule has 0 heterocycles. The summed E-state index contributed by atoms with van der Waals surface area (Å²) in [6.07, 6.45) is 0.539. The van der Waals surface area contributed by atoms with Crippen molar-refractivity contribution in [3.63, 3.8) is 0 Å². The number of aromatic carboxylic acids is 1. The lowest BCUT2D eigenvalue weighted by Crippen LogP contribution is -2.15. The number of carbonyl (C=O) groups is 2. The molecule has 0 saturated heterocycles. The van der Waals surface area contributed by atoms with Crippen LogP contribution in [0.5, 0.6) is 5.75 Å². The maximum absolute atomic E-state index is 12.0. The van der Waals surface area contributed by atoms with Gasteiger partial charge in [-0.15, -0.1) is 0 Å². The number of phenolic OH excluding ortho intramolecular Hbond substituents is 1. The van der Waals surface area contributed by atoms with Gasteiger partial charge in [0.25, 0.3) is 0 Å². The number of hydrogen-bond donors (Lipinski definition) is 3. The largest absolute Gasteiger partial charge is 0.508 e. The van der Waals surface area contributed by atoms with Gasteiger partial charge in [-0.1, -0.05) is 24.3 Å². The fourth-order valence-corrected chi connectivity index (χ4v) is 2.13. The maximum Gasteiger partial charge on any atom is 0.337 e. The summed E-state index contributed by atoms with van der Waals surface area (Å²) in [5, 5.41) is 21.4. The van der Waals surface area contributed by atoms with Crippen molar-refractivity contribution in [3.05, 3.63) is 59.2 Å². The minimum atomic E-state index is -1.09. The fourth-order valence-electron chi connectivity index (χ4n) is 2.13. The molecule has 0 fully saturated rings. The first-order valence-corrected chi connectivity index (χ1v) is 6.88. The molecule has 0 saturated carbocycles. The molecular formula is C17H17NO4. The fraction of sp³-hybridized carbons (Fsp3) is 0.176. The highest BCUT2D eigenvalue weighted by Gasteiger charge is 2.13. The third-order valence-corrected chi connectivity index (χ3v) is 3.29. The predicted octanol–water partition coefficient (Wildman–Crippen LogP) is 2.97. The minimum Gasteiger partial charge on any atom is -0.508 e. The number of aromatic hydroxyl groups is 1. The van der Waals surface area contributed by atoms with Gasteiger partial charge in [0.2, 0.25) is 5.91 Å². The molecule has 2 aromatic carbocycles. The number of phenols is 1. The summed E-state index contributed by atoms with van der Waals surface area (Å²) in [5.74, 6) is -1.23. The van der Waals surface area contributed by atoms with Crippen molar-refractivity contribution in [2.75, 3.05) is 5.32 Å². The van der Waals surface area contributed by atoms with Gasteiger partial charge in [0.15, 0.2) is 0 Å². The monoisotopic (exact) mass is 299 g/mol. The Morgan fingerprint density at radius 1 is 1.14 bits per heavy atom. The number of carboxylic acids is 1. The zero-order chi connectivity index (χ0) is 16.1. The zero-order valence-corrected chi connectivity index (χ0v) is 12.2. The van der Waals surface area contributed by atoms with E-state index in [1.165, 1.54) is 6.07 Å². The van der Waals surface area contributed by atoms with Crippen molar-refractivity contribution in [1.29, 1.82) is 0 Å². The molecule has 0 unspecified atom stereocenters. The number of carboxylic acid groups (broad SMARTS) is 1. The van der Waals surface area contributed by atoms with Crippen molar-refractivity contribution in [1.82, 2.24) is 0 Å². The number of nitrogens with one attached hydrogen (secondary N) is 1. The van der Waals surface area contributed by atoms with Gasteiger partial charge in [-0.3, -0.25) is 4.79 Å². The Kier molecular flexibility index (Phi) is 4.78. The van der Waals surface area contributed by atoms with Gasteiger partial charge in [-0.2, -0.15) is 0 Å². The lowest BCUT2D eigenvalue weighted by molar-refractivity contribution is -0.116. The SMILES string of the molecule is Cc1ccc(C(=O)O)c(NC(=O)CCc2ccccc2O)c1. The Morgan fingerprint density at radius 2 is 1.86 bits per heavy atom. The van der Waals surface area contributed by atoms with E-state index in [1.807, 2.05) is 6.92 Å². The molecule has 0 spiro atoms. The van der Waals surface area contributed by atoms with Crippen LogP contribution in [0.1, 0.15) is 27.9 Å². The normalized spacial score (nSPS) is 10.2. The van der Waals surface area contributed by atoms with Crippen LogP contribution in [0.25, 0.3) is 0 Å². The minimum absolute atomic E-state index is 0.0570. The molecule has 0 aromatic heterocycles. The van der Waals surface area contributed by atoms with Crippen LogP contribution >= 0.6 is 0 Å². The molecule has 5 heteroatoms. The average Bonchev–Trinajstić information content (AvgIpc) is 2.46. The van der Waals surface area contributed by atoms with Gasteiger partial charge in [-0.25, -0.2) is 4.79 Å². The molecule has 2 aromatic rings. The molecule has 22 heavy (non-hydrogen) atoms.